The molecule has 104 valence electrons. The van der Waals surface area contributed by atoms with E-state index < -0.39 is 6.10 Å². The van der Waals surface area contributed by atoms with E-state index in [0.29, 0.717) is 0 Å². The fraction of sp³-hybridized carbons (Fsp3) is 0.562. The number of likely N-dealkylation sites (tertiary alicyclic amines) is 1. The van der Waals surface area contributed by atoms with Gasteiger partial charge >= 0.3 is 0 Å². The van der Waals surface area contributed by atoms with Crippen molar-refractivity contribution in [1.82, 2.24) is 4.90 Å². The first kappa shape index (κ1) is 14.1. The van der Waals surface area contributed by atoms with E-state index in [0.717, 1.165) is 42.5 Å². The van der Waals surface area contributed by atoms with Gasteiger partial charge in [0.25, 0.3) is 5.91 Å². The minimum absolute atomic E-state index is 0.0406. The number of hydrogen-bond donors (Lipinski definition) is 1. The van der Waals surface area contributed by atoms with Gasteiger partial charge in [-0.25, -0.2) is 0 Å². The highest BCUT2D eigenvalue weighted by Crippen LogP contribution is 2.23. The molecule has 2 rings (SSSR count). The van der Waals surface area contributed by atoms with Crippen molar-refractivity contribution in [3.05, 3.63) is 34.9 Å². The SMILES string of the molecule is Cc1ccc(C)c(C(=O)N2CCCC[C@H]2[C@@H](C)O)c1. The Morgan fingerprint density at radius 2 is 2.11 bits per heavy atom. The molecule has 1 fully saturated rings. The summed E-state index contributed by atoms with van der Waals surface area (Å²) in [6.45, 7) is 6.49. The number of hydrogen-bond acceptors (Lipinski definition) is 2. The summed E-state index contributed by atoms with van der Waals surface area (Å²) in [7, 11) is 0. The van der Waals surface area contributed by atoms with Gasteiger partial charge in [0.2, 0.25) is 0 Å². The molecule has 19 heavy (non-hydrogen) atoms. The minimum atomic E-state index is -0.464. The van der Waals surface area contributed by atoms with E-state index in [2.05, 4.69) is 0 Å². The van der Waals surface area contributed by atoms with Crippen LogP contribution in [-0.4, -0.2) is 34.6 Å². The molecular weight excluding hydrogens is 238 g/mol. The van der Waals surface area contributed by atoms with Gasteiger partial charge in [-0.3, -0.25) is 4.79 Å². The third-order valence-electron chi connectivity index (χ3n) is 3.99. The zero-order valence-electron chi connectivity index (χ0n) is 12.0. The predicted octanol–water partition coefficient (Wildman–Crippen LogP) is 2.68. The highest BCUT2D eigenvalue weighted by molar-refractivity contribution is 5.96. The molecule has 0 bridgehead atoms. The lowest BCUT2D eigenvalue weighted by Crippen LogP contribution is -2.49. The van der Waals surface area contributed by atoms with Crippen LogP contribution in [0.25, 0.3) is 0 Å². The molecule has 2 atom stereocenters. The molecule has 0 aromatic heterocycles. The molecule has 1 saturated heterocycles. The topological polar surface area (TPSA) is 40.5 Å². The second kappa shape index (κ2) is 5.74. The van der Waals surface area contributed by atoms with Gasteiger partial charge in [0.15, 0.2) is 0 Å². The van der Waals surface area contributed by atoms with Crippen LogP contribution < -0.4 is 0 Å². The molecule has 0 spiro atoms. The normalized spacial score (nSPS) is 21.3. The van der Waals surface area contributed by atoms with E-state index in [-0.39, 0.29) is 11.9 Å². The van der Waals surface area contributed by atoms with Crippen LogP contribution in [0, 0.1) is 13.8 Å². The molecule has 1 aromatic carbocycles. The van der Waals surface area contributed by atoms with E-state index in [4.69, 9.17) is 0 Å². The fourth-order valence-electron chi connectivity index (χ4n) is 2.83. The first-order valence-corrected chi connectivity index (χ1v) is 7.07. The summed E-state index contributed by atoms with van der Waals surface area (Å²) in [5.41, 5.74) is 2.87. The van der Waals surface area contributed by atoms with Crippen LogP contribution in [0.3, 0.4) is 0 Å². The Balaban J connectivity index is 2.28. The van der Waals surface area contributed by atoms with E-state index in [9.17, 15) is 9.90 Å². The van der Waals surface area contributed by atoms with Gasteiger partial charge < -0.3 is 10.0 Å². The summed E-state index contributed by atoms with van der Waals surface area (Å²) < 4.78 is 0. The van der Waals surface area contributed by atoms with Gasteiger partial charge in [-0.15, -0.1) is 0 Å². The minimum Gasteiger partial charge on any atom is -0.391 e. The number of piperidine rings is 1. The zero-order chi connectivity index (χ0) is 14.0. The molecule has 1 aliphatic heterocycles. The smallest absolute Gasteiger partial charge is 0.254 e. The molecule has 3 heteroatoms. The molecule has 0 saturated carbocycles. The van der Waals surface area contributed by atoms with E-state index in [1.54, 1.807) is 6.92 Å². The Kier molecular flexibility index (Phi) is 4.25. The average molecular weight is 261 g/mol. The Hall–Kier alpha value is -1.35. The van der Waals surface area contributed by atoms with Crippen LogP contribution >= 0.6 is 0 Å². The first-order chi connectivity index (χ1) is 9.00. The molecule has 1 aliphatic rings. The summed E-state index contributed by atoms with van der Waals surface area (Å²) in [5.74, 6) is 0.0619. The monoisotopic (exact) mass is 261 g/mol. The van der Waals surface area contributed by atoms with Crippen molar-refractivity contribution in [3.8, 4) is 0 Å². The van der Waals surface area contributed by atoms with Crippen LogP contribution in [0.1, 0.15) is 47.7 Å². The van der Waals surface area contributed by atoms with Crippen molar-refractivity contribution in [1.29, 1.82) is 0 Å². The number of carbonyl (C=O) groups excluding carboxylic acids is 1. The largest absolute Gasteiger partial charge is 0.391 e. The standard InChI is InChI=1S/C16H23NO2/c1-11-7-8-12(2)14(10-11)16(19)17-9-5-4-6-15(17)13(3)18/h7-8,10,13,15,18H,4-6,9H2,1-3H3/t13-,15+/m1/s1. The van der Waals surface area contributed by atoms with Gasteiger partial charge in [-0.1, -0.05) is 17.7 Å². The molecule has 0 radical (unpaired) electrons. The number of amides is 1. The highest BCUT2D eigenvalue weighted by Gasteiger charge is 2.30. The maximum absolute atomic E-state index is 12.7. The second-order valence-corrected chi connectivity index (χ2v) is 5.62. The van der Waals surface area contributed by atoms with Crippen molar-refractivity contribution in [3.63, 3.8) is 0 Å². The van der Waals surface area contributed by atoms with Crippen LogP contribution in [0.15, 0.2) is 18.2 Å². The number of aryl methyl sites for hydroxylation is 2. The molecule has 1 N–H and O–H groups in total. The molecule has 3 nitrogen and oxygen atoms in total. The van der Waals surface area contributed by atoms with Gasteiger partial charge in [0.05, 0.1) is 12.1 Å². The Bertz CT molecular complexity index is 468. The van der Waals surface area contributed by atoms with E-state index in [1.165, 1.54) is 0 Å². The lowest BCUT2D eigenvalue weighted by atomic mass is 9.96. The van der Waals surface area contributed by atoms with E-state index in [1.807, 2.05) is 36.9 Å². The number of carbonyl (C=O) groups is 1. The van der Waals surface area contributed by atoms with Crippen LogP contribution in [-0.2, 0) is 0 Å². The summed E-state index contributed by atoms with van der Waals surface area (Å²) in [5, 5.41) is 9.87. The quantitative estimate of drug-likeness (QED) is 0.889. The number of aliphatic hydroxyl groups excluding tert-OH is 1. The Morgan fingerprint density at radius 3 is 2.79 bits per heavy atom. The van der Waals surface area contributed by atoms with E-state index >= 15 is 0 Å². The third kappa shape index (κ3) is 2.98. The molecule has 0 unspecified atom stereocenters. The van der Waals surface area contributed by atoms with Crippen LogP contribution in [0.2, 0.25) is 0 Å². The maximum atomic E-state index is 12.7. The van der Waals surface area contributed by atoms with Gasteiger partial charge in [-0.05, 0) is 51.7 Å². The van der Waals surface area contributed by atoms with Gasteiger partial charge in [-0.2, -0.15) is 0 Å². The summed E-state index contributed by atoms with van der Waals surface area (Å²) in [6.07, 6.45) is 2.55. The lowest BCUT2D eigenvalue weighted by molar-refractivity contribution is 0.0280. The molecular formula is C16H23NO2. The zero-order valence-corrected chi connectivity index (χ0v) is 12.0. The van der Waals surface area contributed by atoms with Crippen molar-refractivity contribution in [2.45, 2.75) is 52.2 Å². The molecule has 1 aromatic rings. The summed E-state index contributed by atoms with van der Waals surface area (Å²) in [6, 6.07) is 5.92. The predicted molar refractivity (Wildman–Crippen MR) is 76.3 cm³/mol. The second-order valence-electron chi connectivity index (χ2n) is 5.62. The molecule has 1 amide bonds. The first-order valence-electron chi connectivity index (χ1n) is 7.07. The summed E-state index contributed by atoms with van der Waals surface area (Å²) >= 11 is 0. The lowest BCUT2D eigenvalue weighted by Gasteiger charge is -2.37. The van der Waals surface area contributed by atoms with Gasteiger partial charge in [0, 0.05) is 12.1 Å². The fourth-order valence-corrected chi connectivity index (χ4v) is 2.83. The number of nitrogens with zero attached hydrogens (tertiary/aromatic N) is 1. The Morgan fingerprint density at radius 1 is 1.37 bits per heavy atom. The third-order valence-corrected chi connectivity index (χ3v) is 3.99. The van der Waals surface area contributed by atoms with Crippen molar-refractivity contribution in [2.75, 3.05) is 6.54 Å². The van der Waals surface area contributed by atoms with Crippen molar-refractivity contribution >= 4 is 5.91 Å². The highest BCUT2D eigenvalue weighted by atomic mass is 16.3. The van der Waals surface area contributed by atoms with Crippen LogP contribution in [0.4, 0.5) is 0 Å². The Labute approximate surface area is 115 Å². The van der Waals surface area contributed by atoms with Crippen molar-refractivity contribution < 1.29 is 9.90 Å². The molecule has 0 aliphatic carbocycles. The molecule has 1 heterocycles. The number of aliphatic hydroxyl groups is 1. The maximum Gasteiger partial charge on any atom is 0.254 e. The number of benzene rings is 1. The number of rotatable bonds is 2. The summed E-state index contributed by atoms with van der Waals surface area (Å²) in [4.78, 5) is 14.6. The van der Waals surface area contributed by atoms with Crippen molar-refractivity contribution in [2.24, 2.45) is 0 Å². The van der Waals surface area contributed by atoms with Gasteiger partial charge in [0.1, 0.15) is 0 Å². The average Bonchev–Trinajstić information content (AvgIpc) is 2.40. The van der Waals surface area contributed by atoms with Crippen LogP contribution in [0.5, 0.6) is 0 Å².